The van der Waals surface area contributed by atoms with Gasteiger partial charge in [0.25, 0.3) is 0 Å². The quantitative estimate of drug-likeness (QED) is 0.705. The van der Waals surface area contributed by atoms with Crippen molar-refractivity contribution in [2.45, 2.75) is 51.3 Å². The van der Waals surface area contributed by atoms with E-state index < -0.39 is 0 Å². The third kappa shape index (κ3) is 3.53. The highest BCUT2D eigenvalue weighted by atomic mass is 16.5. The van der Waals surface area contributed by atoms with Gasteiger partial charge in [0.2, 0.25) is 0 Å². The van der Waals surface area contributed by atoms with E-state index in [9.17, 15) is 4.79 Å². The summed E-state index contributed by atoms with van der Waals surface area (Å²) in [7, 11) is 0. The molecule has 0 saturated carbocycles. The molecule has 2 unspecified atom stereocenters. The van der Waals surface area contributed by atoms with Crippen molar-refractivity contribution in [3.63, 3.8) is 0 Å². The molecular formula is C14H26N2O2. The summed E-state index contributed by atoms with van der Waals surface area (Å²) in [4.78, 5) is 15.9. The number of carbonyl (C=O) groups is 1. The van der Waals surface area contributed by atoms with Crippen molar-refractivity contribution in [1.29, 1.82) is 0 Å². The summed E-state index contributed by atoms with van der Waals surface area (Å²) in [6.07, 6.45) is 4.79. The third-order valence-corrected chi connectivity index (χ3v) is 4.16. The van der Waals surface area contributed by atoms with Crippen LogP contribution in [0.4, 0.5) is 0 Å². The summed E-state index contributed by atoms with van der Waals surface area (Å²) in [5.74, 6) is 0. The van der Waals surface area contributed by atoms with Crippen LogP contribution in [0.25, 0.3) is 0 Å². The maximum absolute atomic E-state index is 11.1. The molecule has 0 N–H and O–H groups in total. The number of ether oxygens (including phenoxy) is 1. The maximum atomic E-state index is 11.1. The van der Waals surface area contributed by atoms with Crippen molar-refractivity contribution in [3.05, 3.63) is 0 Å². The van der Waals surface area contributed by atoms with Crippen LogP contribution in [-0.2, 0) is 9.53 Å². The van der Waals surface area contributed by atoms with Gasteiger partial charge in [-0.15, -0.1) is 0 Å². The van der Waals surface area contributed by atoms with E-state index >= 15 is 0 Å². The van der Waals surface area contributed by atoms with E-state index in [1.165, 1.54) is 12.8 Å². The molecule has 4 heteroatoms. The lowest BCUT2D eigenvalue weighted by molar-refractivity contribution is -0.115. The Morgan fingerprint density at radius 1 is 1.33 bits per heavy atom. The average Bonchev–Trinajstić information content (AvgIpc) is 2.39. The average molecular weight is 254 g/mol. The Kier molecular flexibility index (Phi) is 5.15. The van der Waals surface area contributed by atoms with Crippen LogP contribution in [-0.4, -0.2) is 67.1 Å². The van der Waals surface area contributed by atoms with E-state index in [2.05, 4.69) is 23.6 Å². The summed E-state index contributed by atoms with van der Waals surface area (Å²) >= 11 is 0. The number of aldehydes is 1. The Hall–Kier alpha value is -0.450. The molecule has 0 aromatic heterocycles. The monoisotopic (exact) mass is 254 g/mol. The molecule has 2 heterocycles. The second-order valence-electron chi connectivity index (χ2n) is 5.78. The molecule has 18 heavy (non-hydrogen) atoms. The number of hydrogen-bond donors (Lipinski definition) is 0. The zero-order valence-corrected chi connectivity index (χ0v) is 11.7. The van der Waals surface area contributed by atoms with Crippen molar-refractivity contribution in [3.8, 4) is 0 Å². The smallest absolute Gasteiger partial charge is 0.137 e. The molecule has 2 aliphatic rings. The van der Waals surface area contributed by atoms with Crippen molar-refractivity contribution in [2.24, 2.45) is 0 Å². The Balaban J connectivity index is 1.85. The van der Waals surface area contributed by atoms with Gasteiger partial charge >= 0.3 is 0 Å². The molecule has 0 spiro atoms. The fraction of sp³-hybridized carbons (Fsp3) is 0.929. The number of rotatable bonds is 4. The summed E-state index contributed by atoms with van der Waals surface area (Å²) in [5.41, 5.74) is 0. The molecule has 0 radical (unpaired) electrons. The summed E-state index contributed by atoms with van der Waals surface area (Å²) in [6, 6.07) is 0.705. The van der Waals surface area contributed by atoms with Gasteiger partial charge in [0.15, 0.2) is 0 Å². The van der Waals surface area contributed by atoms with E-state index in [-0.39, 0.29) is 12.1 Å². The van der Waals surface area contributed by atoms with Gasteiger partial charge in [0.05, 0.1) is 18.8 Å². The summed E-state index contributed by atoms with van der Waals surface area (Å²) in [5, 5.41) is 0. The first-order valence-electron chi connectivity index (χ1n) is 7.25. The minimum Gasteiger partial charge on any atom is -0.374 e. The van der Waals surface area contributed by atoms with Crippen LogP contribution >= 0.6 is 0 Å². The first kappa shape index (κ1) is 14.0. The molecule has 0 aromatic carbocycles. The predicted molar refractivity (Wildman–Crippen MR) is 71.7 cm³/mol. The fourth-order valence-electron chi connectivity index (χ4n) is 2.98. The lowest BCUT2D eigenvalue weighted by Crippen LogP contribution is -2.52. The van der Waals surface area contributed by atoms with E-state index in [0.717, 1.165) is 45.5 Å². The Morgan fingerprint density at radius 2 is 2.17 bits per heavy atom. The molecule has 0 aromatic rings. The Morgan fingerprint density at radius 3 is 2.89 bits per heavy atom. The summed E-state index contributed by atoms with van der Waals surface area (Å²) < 4.78 is 5.85. The lowest BCUT2D eigenvalue weighted by atomic mass is 10.0. The Labute approximate surface area is 110 Å². The van der Waals surface area contributed by atoms with Crippen LogP contribution in [0.1, 0.15) is 33.1 Å². The molecule has 0 aliphatic carbocycles. The minimum atomic E-state index is 0.122. The number of morpholine rings is 1. The SMILES string of the molecule is CC(C)N1CCOC(CN2CCCCC2C=O)C1. The first-order chi connectivity index (χ1) is 8.70. The molecule has 0 amide bonds. The van der Waals surface area contributed by atoms with E-state index in [1.807, 2.05) is 0 Å². The number of nitrogens with zero attached hydrogens (tertiary/aromatic N) is 2. The highest BCUT2D eigenvalue weighted by Gasteiger charge is 2.28. The van der Waals surface area contributed by atoms with Gasteiger partial charge in [0, 0.05) is 25.7 Å². The van der Waals surface area contributed by atoms with Gasteiger partial charge in [-0.3, -0.25) is 9.80 Å². The summed E-state index contributed by atoms with van der Waals surface area (Å²) in [6.45, 7) is 9.28. The van der Waals surface area contributed by atoms with Gasteiger partial charge < -0.3 is 9.53 Å². The van der Waals surface area contributed by atoms with Gasteiger partial charge in [-0.2, -0.15) is 0 Å². The highest BCUT2D eigenvalue weighted by Crippen LogP contribution is 2.18. The topological polar surface area (TPSA) is 32.8 Å². The maximum Gasteiger partial charge on any atom is 0.137 e. The van der Waals surface area contributed by atoms with Crippen LogP contribution in [0.15, 0.2) is 0 Å². The van der Waals surface area contributed by atoms with Crippen molar-refractivity contribution >= 4 is 6.29 Å². The van der Waals surface area contributed by atoms with E-state index in [4.69, 9.17) is 4.74 Å². The van der Waals surface area contributed by atoms with Crippen LogP contribution in [0.2, 0.25) is 0 Å². The Bertz CT molecular complexity index is 271. The molecule has 104 valence electrons. The fourth-order valence-corrected chi connectivity index (χ4v) is 2.98. The molecule has 2 saturated heterocycles. The van der Waals surface area contributed by atoms with Crippen LogP contribution < -0.4 is 0 Å². The molecular weight excluding hydrogens is 228 g/mol. The molecule has 2 fully saturated rings. The minimum absolute atomic E-state index is 0.122. The molecule has 4 nitrogen and oxygen atoms in total. The van der Waals surface area contributed by atoms with Gasteiger partial charge in [0.1, 0.15) is 6.29 Å². The molecule has 2 aliphatic heterocycles. The second kappa shape index (κ2) is 6.64. The van der Waals surface area contributed by atoms with Gasteiger partial charge in [-0.25, -0.2) is 0 Å². The zero-order chi connectivity index (χ0) is 13.0. The van der Waals surface area contributed by atoms with Crippen LogP contribution in [0.3, 0.4) is 0 Å². The van der Waals surface area contributed by atoms with Crippen LogP contribution in [0.5, 0.6) is 0 Å². The van der Waals surface area contributed by atoms with Crippen molar-refractivity contribution in [2.75, 3.05) is 32.8 Å². The molecule has 0 bridgehead atoms. The van der Waals surface area contributed by atoms with Crippen molar-refractivity contribution < 1.29 is 9.53 Å². The van der Waals surface area contributed by atoms with Crippen molar-refractivity contribution in [1.82, 2.24) is 9.80 Å². The predicted octanol–water partition coefficient (Wildman–Crippen LogP) is 1.15. The number of hydrogen-bond acceptors (Lipinski definition) is 4. The number of carbonyl (C=O) groups excluding carboxylic acids is 1. The van der Waals surface area contributed by atoms with Gasteiger partial charge in [-0.05, 0) is 33.2 Å². The van der Waals surface area contributed by atoms with Gasteiger partial charge in [-0.1, -0.05) is 6.42 Å². The highest BCUT2D eigenvalue weighted by molar-refractivity contribution is 5.57. The largest absolute Gasteiger partial charge is 0.374 e. The standard InChI is InChI=1S/C14H26N2O2/c1-12(2)15-7-8-18-14(9-15)10-16-6-4-3-5-13(16)11-17/h11-14H,3-10H2,1-2H3. The normalized spacial score (nSPS) is 31.7. The van der Waals surface area contributed by atoms with E-state index in [0.29, 0.717) is 6.04 Å². The molecule has 2 atom stereocenters. The van der Waals surface area contributed by atoms with E-state index in [1.54, 1.807) is 0 Å². The zero-order valence-electron chi connectivity index (χ0n) is 11.7. The third-order valence-electron chi connectivity index (χ3n) is 4.16. The molecule has 2 rings (SSSR count). The lowest BCUT2D eigenvalue weighted by Gasteiger charge is -2.40. The van der Waals surface area contributed by atoms with Crippen LogP contribution in [0, 0.1) is 0 Å². The second-order valence-corrected chi connectivity index (χ2v) is 5.78. The number of likely N-dealkylation sites (tertiary alicyclic amines) is 1. The number of piperidine rings is 1. The first-order valence-corrected chi connectivity index (χ1v) is 7.25.